The number of carbonyl (C=O) groups excluding carboxylic acids is 2. The van der Waals surface area contributed by atoms with Crippen LogP contribution in [0.3, 0.4) is 0 Å². The van der Waals surface area contributed by atoms with E-state index in [9.17, 15) is 14.4 Å². The molecule has 8 nitrogen and oxygen atoms in total. The highest BCUT2D eigenvalue weighted by atomic mass is 16.5. The number of likely N-dealkylation sites (N-methyl/N-ethyl adjacent to an activating group) is 1. The van der Waals surface area contributed by atoms with E-state index in [1.165, 1.54) is 27.2 Å². The highest BCUT2D eigenvalue weighted by molar-refractivity contribution is 5.81. The summed E-state index contributed by atoms with van der Waals surface area (Å²) in [6, 6.07) is 16.4. The molecular formula is C27H35N3O5. The number of amides is 2. The van der Waals surface area contributed by atoms with Gasteiger partial charge in [0.2, 0.25) is 5.91 Å². The third-order valence-electron chi connectivity index (χ3n) is 6.18. The van der Waals surface area contributed by atoms with E-state index in [4.69, 9.17) is 9.84 Å². The average Bonchev–Trinajstić information content (AvgIpc) is 3.15. The molecule has 188 valence electrons. The van der Waals surface area contributed by atoms with Crippen LogP contribution < -0.4 is 5.32 Å². The number of ether oxygens (including phenoxy) is 1. The van der Waals surface area contributed by atoms with Crippen molar-refractivity contribution in [3.8, 4) is 11.1 Å². The number of hydrogen-bond acceptors (Lipinski definition) is 5. The van der Waals surface area contributed by atoms with Crippen molar-refractivity contribution in [2.45, 2.75) is 31.6 Å². The lowest BCUT2D eigenvalue weighted by atomic mass is 9.98. The van der Waals surface area contributed by atoms with Gasteiger partial charge in [0.1, 0.15) is 13.2 Å². The number of nitrogens with zero attached hydrogens (tertiary/aromatic N) is 2. The van der Waals surface area contributed by atoms with Gasteiger partial charge in [-0.15, -0.1) is 0 Å². The molecule has 8 heteroatoms. The zero-order valence-electron chi connectivity index (χ0n) is 20.5. The Morgan fingerprint density at radius 2 is 1.54 bits per heavy atom. The minimum atomic E-state index is -1.01. The Bertz CT molecular complexity index is 978. The summed E-state index contributed by atoms with van der Waals surface area (Å²) in [6.07, 6.45) is 1.96. The molecule has 0 unspecified atom stereocenters. The topological polar surface area (TPSA) is 99.2 Å². The van der Waals surface area contributed by atoms with E-state index in [1.807, 2.05) is 43.3 Å². The van der Waals surface area contributed by atoms with Crippen molar-refractivity contribution in [2.24, 2.45) is 0 Å². The molecule has 0 aliphatic heterocycles. The molecule has 0 saturated heterocycles. The summed E-state index contributed by atoms with van der Waals surface area (Å²) in [7, 11) is 3.76. The summed E-state index contributed by atoms with van der Waals surface area (Å²) in [5, 5.41) is 11.8. The molecule has 2 aromatic rings. The molecule has 0 atom stereocenters. The van der Waals surface area contributed by atoms with Gasteiger partial charge in [-0.25, -0.2) is 4.79 Å². The second-order valence-corrected chi connectivity index (χ2v) is 9.08. The predicted octanol–water partition coefficient (Wildman–Crippen LogP) is 3.56. The van der Waals surface area contributed by atoms with Crippen molar-refractivity contribution in [2.75, 3.05) is 46.9 Å². The van der Waals surface area contributed by atoms with E-state index in [0.717, 1.165) is 6.42 Å². The van der Waals surface area contributed by atoms with Crippen LogP contribution in [0.1, 0.15) is 42.7 Å². The number of benzene rings is 2. The molecule has 0 aromatic heterocycles. The zero-order valence-corrected chi connectivity index (χ0v) is 20.5. The fourth-order valence-electron chi connectivity index (χ4n) is 4.35. The van der Waals surface area contributed by atoms with Crippen LogP contribution in [0.4, 0.5) is 4.79 Å². The molecule has 0 bridgehead atoms. The minimum Gasteiger partial charge on any atom is -0.480 e. The number of carboxylic acid groups (broad SMARTS) is 1. The first-order valence-electron chi connectivity index (χ1n) is 12.1. The second kappa shape index (κ2) is 12.9. The average molecular weight is 482 g/mol. The van der Waals surface area contributed by atoms with Crippen LogP contribution in [-0.4, -0.2) is 79.8 Å². The molecule has 2 amide bonds. The van der Waals surface area contributed by atoms with Crippen LogP contribution >= 0.6 is 0 Å². The Morgan fingerprint density at radius 1 is 0.914 bits per heavy atom. The fraction of sp³-hybridized carbons (Fsp3) is 0.444. The molecule has 3 rings (SSSR count). The molecule has 0 heterocycles. The van der Waals surface area contributed by atoms with Gasteiger partial charge in [0.05, 0.1) is 0 Å². The lowest BCUT2D eigenvalue weighted by Gasteiger charge is -2.22. The van der Waals surface area contributed by atoms with Gasteiger partial charge in [-0.2, -0.15) is 0 Å². The van der Waals surface area contributed by atoms with Crippen molar-refractivity contribution in [1.82, 2.24) is 15.1 Å². The van der Waals surface area contributed by atoms with E-state index in [1.54, 1.807) is 0 Å². The van der Waals surface area contributed by atoms with Crippen LogP contribution in [0.2, 0.25) is 0 Å². The summed E-state index contributed by atoms with van der Waals surface area (Å²) < 4.78 is 5.53. The number of hydrogen-bond donors (Lipinski definition) is 2. The Kier molecular flexibility index (Phi) is 9.66. The number of carbonyl (C=O) groups is 3. The summed E-state index contributed by atoms with van der Waals surface area (Å²) in [4.78, 5) is 38.9. The first kappa shape index (κ1) is 26.2. The summed E-state index contributed by atoms with van der Waals surface area (Å²) in [5.41, 5.74) is 4.73. The number of fused-ring (bicyclic) bond motifs is 3. The molecule has 0 saturated carbocycles. The van der Waals surface area contributed by atoms with Crippen molar-refractivity contribution in [1.29, 1.82) is 0 Å². The minimum absolute atomic E-state index is 0.0282. The normalized spacial score (nSPS) is 12.2. The van der Waals surface area contributed by atoms with Crippen LogP contribution in [0.15, 0.2) is 48.5 Å². The first-order chi connectivity index (χ1) is 16.9. The summed E-state index contributed by atoms with van der Waals surface area (Å²) >= 11 is 0. The van der Waals surface area contributed by atoms with E-state index in [0.29, 0.717) is 38.9 Å². The maximum atomic E-state index is 12.4. The number of nitrogens with one attached hydrogen (secondary N) is 1. The molecule has 0 radical (unpaired) electrons. The maximum Gasteiger partial charge on any atom is 0.407 e. The Labute approximate surface area is 206 Å². The molecule has 35 heavy (non-hydrogen) atoms. The van der Waals surface area contributed by atoms with Gasteiger partial charge in [0, 0.05) is 32.0 Å². The maximum absolute atomic E-state index is 12.4. The smallest absolute Gasteiger partial charge is 0.407 e. The van der Waals surface area contributed by atoms with Gasteiger partial charge >= 0.3 is 12.1 Å². The van der Waals surface area contributed by atoms with E-state index in [-0.39, 0.29) is 25.0 Å². The number of unbranched alkanes of at least 4 members (excludes halogenated alkanes) is 2. The lowest BCUT2D eigenvalue weighted by Crippen LogP contribution is -2.39. The van der Waals surface area contributed by atoms with Crippen LogP contribution in [0.5, 0.6) is 0 Å². The Hall–Kier alpha value is -3.39. The predicted molar refractivity (Wildman–Crippen MR) is 134 cm³/mol. The molecule has 1 aliphatic rings. The third kappa shape index (κ3) is 7.55. The largest absolute Gasteiger partial charge is 0.480 e. The van der Waals surface area contributed by atoms with Gasteiger partial charge in [0.25, 0.3) is 0 Å². The molecule has 2 N–H and O–H groups in total. The molecule has 2 aromatic carbocycles. The molecule has 1 aliphatic carbocycles. The molecule has 0 spiro atoms. The summed E-state index contributed by atoms with van der Waals surface area (Å²) in [5.74, 6) is -1.14. The van der Waals surface area contributed by atoms with Crippen LogP contribution in [0.25, 0.3) is 11.1 Å². The second-order valence-electron chi connectivity index (χ2n) is 9.08. The molecule has 0 fully saturated rings. The number of alkyl carbamates (subject to hydrolysis) is 1. The van der Waals surface area contributed by atoms with Gasteiger partial charge < -0.3 is 25.0 Å². The molecular weight excluding hydrogens is 446 g/mol. The summed E-state index contributed by atoms with van der Waals surface area (Å²) in [6.45, 7) is 1.46. The van der Waals surface area contributed by atoms with Gasteiger partial charge in [-0.1, -0.05) is 55.0 Å². The van der Waals surface area contributed by atoms with E-state index < -0.39 is 12.1 Å². The quantitative estimate of drug-likeness (QED) is 0.425. The van der Waals surface area contributed by atoms with Crippen molar-refractivity contribution in [3.05, 3.63) is 59.7 Å². The van der Waals surface area contributed by atoms with Gasteiger partial charge in [-0.3, -0.25) is 9.59 Å². The fourth-order valence-corrected chi connectivity index (χ4v) is 4.35. The van der Waals surface area contributed by atoms with Crippen LogP contribution in [0, 0.1) is 0 Å². The van der Waals surface area contributed by atoms with Crippen LogP contribution in [-0.2, 0) is 14.3 Å². The van der Waals surface area contributed by atoms with E-state index >= 15 is 0 Å². The van der Waals surface area contributed by atoms with Gasteiger partial charge in [0.15, 0.2) is 0 Å². The standard InChI is InChI=1S/C27H35N3O5/c1-29(2)16-17-30(18-26(32)33)25(31)14-4-3-9-15-28-27(34)35-19-24-22-12-7-5-10-20(22)21-11-6-8-13-23(21)24/h5-8,10-13,24H,3-4,9,14-19H2,1-2H3,(H,28,34)(H,32,33). The van der Waals surface area contributed by atoms with Crippen molar-refractivity contribution in [3.63, 3.8) is 0 Å². The zero-order chi connectivity index (χ0) is 25.2. The Morgan fingerprint density at radius 3 is 2.14 bits per heavy atom. The van der Waals surface area contributed by atoms with Gasteiger partial charge in [-0.05, 0) is 49.2 Å². The highest BCUT2D eigenvalue weighted by Gasteiger charge is 2.28. The number of carboxylic acids is 1. The van der Waals surface area contributed by atoms with E-state index in [2.05, 4.69) is 29.6 Å². The number of aliphatic carboxylic acids is 1. The first-order valence-corrected chi connectivity index (χ1v) is 12.1. The number of rotatable bonds is 13. The third-order valence-corrected chi connectivity index (χ3v) is 6.18. The highest BCUT2D eigenvalue weighted by Crippen LogP contribution is 2.44. The monoisotopic (exact) mass is 481 g/mol. The Balaban J connectivity index is 1.35. The van der Waals surface area contributed by atoms with Crippen molar-refractivity contribution >= 4 is 18.0 Å². The SMILES string of the molecule is CN(C)CCN(CC(=O)O)C(=O)CCCCCNC(=O)OCC1c2ccccc2-c2ccccc21. The van der Waals surface area contributed by atoms with Crippen molar-refractivity contribution < 1.29 is 24.2 Å². The lowest BCUT2D eigenvalue weighted by molar-refractivity contribution is -0.144.